The molecular formula is C17H24N2O3. The fourth-order valence-corrected chi connectivity index (χ4v) is 2.58. The number of aliphatic hydroxyl groups is 1. The molecule has 5 heteroatoms. The molecule has 1 aromatic carbocycles. The lowest BCUT2D eigenvalue weighted by atomic mass is 9.86. The van der Waals surface area contributed by atoms with Crippen molar-refractivity contribution in [1.29, 1.82) is 0 Å². The Morgan fingerprint density at radius 1 is 1.32 bits per heavy atom. The van der Waals surface area contributed by atoms with Crippen molar-refractivity contribution < 1.29 is 14.6 Å². The largest absolute Gasteiger partial charge is 0.437 e. The van der Waals surface area contributed by atoms with E-state index in [4.69, 9.17) is 4.74 Å². The standard InChI is InChI=1S/C17H24N2O3/c1-13(2)9-8-12-16(3)17(4,21)19(18-15(20)22-16)14-10-6-5-7-11-14/h5-7,9-11,21H,8,12H2,1-4H3,(H,18,20)/t16-,17+/m1/s1. The number of nitrogens with zero attached hydrogens (tertiary/aromatic N) is 1. The van der Waals surface area contributed by atoms with Crippen LogP contribution in [-0.4, -0.2) is 22.5 Å². The lowest BCUT2D eigenvalue weighted by Crippen LogP contribution is -2.73. The predicted molar refractivity (Wildman–Crippen MR) is 86.2 cm³/mol. The molecule has 1 fully saturated rings. The first-order valence-electron chi connectivity index (χ1n) is 7.47. The second-order valence-corrected chi connectivity index (χ2v) is 6.24. The van der Waals surface area contributed by atoms with Crippen molar-refractivity contribution in [2.24, 2.45) is 0 Å². The third kappa shape index (κ3) is 3.09. The lowest BCUT2D eigenvalue weighted by Gasteiger charge is -2.52. The molecule has 2 N–H and O–H groups in total. The van der Waals surface area contributed by atoms with Gasteiger partial charge in [0.1, 0.15) is 0 Å². The molecule has 22 heavy (non-hydrogen) atoms. The Kier molecular flexibility index (Phi) is 4.47. The Labute approximate surface area is 131 Å². The number of rotatable bonds is 4. The van der Waals surface area contributed by atoms with Crippen LogP contribution in [0.4, 0.5) is 10.5 Å². The van der Waals surface area contributed by atoms with Crippen molar-refractivity contribution in [2.75, 3.05) is 5.01 Å². The van der Waals surface area contributed by atoms with Gasteiger partial charge in [0.05, 0.1) is 5.69 Å². The maximum absolute atomic E-state index is 11.9. The molecule has 0 aromatic heterocycles. The van der Waals surface area contributed by atoms with Crippen LogP contribution in [0.15, 0.2) is 42.0 Å². The number of ether oxygens (including phenoxy) is 1. The molecule has 120 valence electrons. The molecule has 1 saturated heterocycles. The Hall–Kier alpha value is -2.01. The summed E-state index contributed by atoms with van der Waals surface area (Å²) in [6.45, 7) is 7.46. The van der Waals surface area contributed by atoms with Gasteiger partial charge in [-0.15, -0.1) is 0 Å². The number of nitrogens with one attached hydrogen (secondary N) is 1. The van der Waals surface area contributed by atoms with Gasteiger partial charge < -0.3 is 9.84 Å². The highest BCUT2D eigenvalue weighted by Gasteiger charge is 2.54. The van der Waals surface area contributed by atoms with Gasteiger partial charge in [-0.05, 0) is 52.7 Å². The summed E-state index contributed by atoms with van der Waals surface area (Å²) < 4.78 is 5.45. The van der Waals surface area contributed by atoms with Crippen LogP contribution < -0.4 is 10.4 Å². The third-order valence-electron chi connectivity index (χ3n) is 4.15. The Bertz CT molecular complexity index is 565. The average molecular weight is 304 g/mol. The number of hydrogen-bond donors (Lipinski definition) is 2. The normalized spacial score (nSPS) is 27.9. The first-order chi connectivity index (χ1) is 10.3. The van der Waals surface area contributed by atoms with Crippen molar-refractivity contribution in [3.05, 3.63) is 42.0 Å². The highest BCUT2D eigenvalue weighted by molar-refractivity contribution is 5.73. The minimum atomic E-state index is -1.38. The molecule has 0 aliphatic carbocycles. The van der Waals surface area contributed by atoms with Crippen LogP contribution >= 0.6 is 0 Å². The summed E-state index contributed by atoms with van der Waals surface area (Å²) in [6.07, 6.45) is 2.77. The number of allylic oxidation sites excluding steroid dienone is 2. The molecule has 2 rings (SSSR count). The van der Waals surface area contributed by atoms with E-state index >= 15 is 0 Å². The lowest BCUT2D eigenvalue weighted by molar-refractivity contribution is -0.160. The van der Waals surface area contributed by atoms with Crippen LogP contribution in [-0.2, 0) is 4.74 Å². The van der Waals surface area contributed by atoms with E-state index in [2.05, 4.69) is 11.5 Å². The number of cyclic esters (lactones) is 1. The number of carbonyl (C=O) groups is 1. The number of amides is 1. The molecule has 1 amide bonds. The maximum Gasteiger partial charge on any atom is 0.426 e. The SMILES string of the molecule is CC(C)=CCC[C@@]1(C)OC(=O)NN(c2ccccc2)[C@@]1(C)O. The summed E-state index contributed by atoms with van der Waals surface area (Å²) in [4.78, 5) is 11.9. The summed E-state index contributed by atoms with van der Waals surface area (Å²) in [5.41, 5.74) is 2.09. The molecule has 1 aliphatic rings. The number of anilines is 1. The van der Waals surface area contributed by atoms with Gasteiger partial charge in [0, 0.05) is 0 Å². The predicted octanol–water partition coefficient (Wildman–Crippen LogP) is 3.36. The highest BCUT2D eigenvalue weighted by Crippen LogP contribution is 2.38. The van der Waals surface area contributed by atoms with Crippen LogP contribution in [0, 0.1) is 0 Å². The van der Waals surface area contributed by atoms with Crippen molar-refractivity contribution in [2.45, 2.75) is 51.9 Å². The molecule has 5 nitrogen and oxygen atoms in total. The van der Waals surface area contributed by atoms with E-state index in [1.54, 1.807) is 13.8 Å². The van der Waals surface area contributed by atoms with E-state index in [9.17, 15) is 9.90 Å². The molecule has 1 aliphatic heterocycles. The third-order valence-corrected chi connectivity index (χ3v) is 4.15. The van der Waals surface area contributed by atoms with Crippen LogP contribution in [0.2, 0.25) is 0 Å². The minimum absolute atomic E-state index is 0.530. The monoisotopic (exact) mass is 304 g/mol. The average Bonchev–Trinajstić information content (AvgIpc) is 2.43. The molecule has 0 unspecified atom stereocenters. The molecule has 1 heterocycles. The maximum atomic E-state index is 11.9. The zero-order valence-electron chi connectivity index (χ0n) is 13.6. The molecule has 0 bridgehead atoms. The number of carbonyl (C=O) groups excluding carboxylic acids is 1. The van der Waals surface area contributed by atoms with Gasteiger partial charge in [-0.2, -0.15) is 0 Å². The fraction of sp³-hybridized carbons (Fsp3) is 0.471. The van der Waals surface area contributed by atoms with Crippen molar-refractivity contribution in [3.63, 3.8) is 0 Å². The van der Waals surface area contributed by atoms with Crippen LogP contribution in [0.5, 0.6) is 0 Å². The van der Waals surface area contributed by atoms with Crippen LogP contribution in [0.1, 0.15) is 40.5 Å². The van der Waals surface area contributed by atoms with Gasteiger partial charge in [-0.1, -0.05) is 29.8 Å². The van der Waals surface area contributed by atoms with E-state index in [1.165, 1.54) is 10.6 Å². The Balaban J connectivity index is 2.30. The van der Waals surface area contributed by atoms with Gasteiger partial charge >= 0.3 is 6.09 Å². The van der Waals surface area contributed by atoms with E-state index in [-0.39, 0.29) is 0 Å². The van der Waals surface area contributed by atoms with E-state index < -0.39 is 17.4 Å². The fourth-order valence-electron chi connectivity index (χ4n) is 2.58. The van der Waals surface area contributed by atoms with Gasteiger partial charge in [-0.25, -0.2) is 15.2 Å². The first kappa shape index (κ1) is 16.4. The summed E-state index contributed by atoms with van der Waals surface area (Å²) in [7, 11) is 0. The Morgan fingerprint density at radius 3 is 2.55 bits per heavy atom. The second kappa shape index (κ2) is 6.01. The number of benzene rings is 1. The molecule has 0 saturated carbocycles. The quantitative estimate of drug-likeness (QED) is 0.837. The summed E-state index contributed by atoms with van der Waals surface area (Å²) in [5, 5.41) is 12.5. The first-order valence-corrected chi connectivity index (χ1v) is 7.47. The molecule has 1 aromatic rings. The van der Waals surface area contributed by atoms with E-state index in [0.717, 1.165) is 6.42 Å². The number of hydrazine groups is 1. The molecule has 0 radical (unpaired) electrons. The van der Waals surface area contributed by atoms with Gasteiger partial charge in [0.25, 0.3) is 0 Å². The smallest absolute Gasteiger partial charge is 0.426 e. The summed E-state index contributed by atoms with van der Waals surface area (Å²) in [6, 6.07) is 9.25. The second-order valence-electron chi connectivity index (χ2n) is 6.24. The summed E-state index contributed by atoms with van der Waals surface area (Å²) >= 11 is 0. The van der Waals surface area contributed by atoms with E-state index in [0.29, 0.717) is 12.1 Å². The van der Waals surface area contributed by atoms with Crippen molar-refractivity contribution in [3.8, 4) is 0 Å². The number of para-hydroxylation sites is 1. The highest BCUT2D eigenvalue weighted by atomic mass is 16.6. The molecule has 0 spiro atoms. The molecule has 2 atom stereocenters. The van der Waals surface area contributed by atoms with Crippen LogP contribution in [0.3, 0.4) is 0 Å². The zero-order chi connectivity index (χ0) is 16.4. The van der Waals surface area contributed by atoms with E-state index in [1.807, 2.05) is 44.2 Å². The Morgan fingerprint density at radius 2 is 1.95 bits per heavy atom. The zero-order valence-corrected chi connectivity index (χ0v) is 13.6. The van der Waals surface area contributed by atoms with Crippen LogP contribution in [0.25, 0.3) is 0 Å². The topological polar surface area (TPSA) is 61.8 Å². The van der Waals surface area contributed by atoms with Gasteiger partial charge in [0.2, 0.25) is 0 Å². The summed E-state index contributed by atoms with van der Waals surface area (Å²) in [5.74, 6) is 0. The van der Waals surface area contributed by atoms with Gasteiger partial charge in [-0.3, -0.25) is 0 Å². The van der Waals surface area contributed by atoms with Crippen molar-refractivity contribution in [1.82, 2.24) is 5.43 Å². The molecular weight excluding hydrogens is 280 g/mol. The van der Waals surface area contributed by atoms with Crippen molar-refractivity contribution >= 4 is 11.8 Å². The van der Waals surface area contributed by atoms with Gasteiger partial charge in [0.15, 0.2) is 11.3 Å². The minimum Gasteiger partial charge on any atom is -0.437 e. The number of hydrogen-bond acceptors (Lipinski definition) is 4.